The number of rotatable bonds is 4. The lowest BCUT2D eigenvalue weighted by Crippen LogP contribution is -2.05. The van der Waals surface area contributed by atoms with Crippen molar-refractivity contribution >= 4 is 21.9 Å². The predicted molar refractivity (Wildman–Crippen MR) is 67.2 cm³/mol. The SMILES string of the molecule is CCOC(=O)c1nc(Cc2ccccc2Br)no1. The zero-order valence-electron chi connectivity index (χ0n) is 9.72. The summed E-state index contributed by atoms with van der Waals surface area (Å²) in [5.41, 5.74) is 1.02. The molecule has 0 spiro atoms. The van der Waals surface area contributed by atoms with E-state index in [0.29, 0.717) is 12.2 Å². The summed E-state index contributed by atoms with van der Waals surface area (Å²) in [6.07, 6.45) is 0.490. The monoisotopic (exact) mass is 310 g/mol. The van der Waals surface area contributed by atoms with Crippen molar-refractivity contribution < 1.29 is 14.1 Å². The minimum absolute atomic E-state index is 0.112. The number of hydrogen-bond acceptors (Lipinski definition) is 5. The van der Waals surface area contributed by atoms with Gasteiger partial charge in [-0.05, 0) is 18.6 Å². The van der Waals surface area contributed by atoms with Crippen molar-refractivity contribution in [2.45, 2.75) is 13.3 Å². The van der Waals surface area contributed by atoms with Gasteiger partial charge in [-0.1, -0.05) is 39.3 Å². The first-order valence-corrected chi connectivity index (χ1v) is 6.23. The van der Waals surface area contributed by atoms with Gasteiger partial charge in [0.1, 0.15) is 0 Å². The Labute approximate surface area is 112 Å². The lowest BCUT2D eigenvalue weighted by Gasteiger charge is -1.99. The molecule has 0 aliphatic heterocycles. The predicted octanol–water partition coefficient (Wildman–Crippen LogP) is 2.60. The van der Waals surface area contributed by atoms with E-state index in [1.54, 1.807) is 6.92 Å². The molecule has 0 aliphatic rings. The van der Waals surface area contributed by atoms with E-state index in [-0.39, 0.29) is 12.5 Å². The van der Waals surface area contributed by atoms with Crippen molar-refractivity contribution in [2.24, 2.45) is 0 Å². The third-order valence-corrected chi connectivity index (χ3v) is 3.00. The normalized spacial score (nSPS) is 10.3. The summed E-state index contributed by atoms with van der Waals surface area (Å²) in [5.74, 6) is -0.257. The summed E-state index contributed by atoms with van der Waals surface area (Å²) in [4.78, 5) is 15.3. The van der Waals surface area contributed by atoms with Crippen molar-refractivity contribution in [2.75, 3.05) is 6.61 Å². The quantitative estimate of drug-likeness (QED) is 0.812. The van der Waals surface area contributed by atoms with Gasteiger partial charge in [0.25, 0.3) is 0 Å². The van der Waals surface area contributed by atoms with Crippen LogP contribution in [0.2, 0.25) is 0 Å². The van der Waals surface area contributed by atoms with E-state index >= 15 is 0 Å². The number of esters is 1. The second-order valence-electron chi connectivity index (χ2n) is 3.50. The van der Waals surface area contributed by atoms with Crippen molar-refractivity contribution in [1.29, 1.82) is 0 Å². The molecule has 6 heteroatoms. The minimum Gasteiger partial charge on any atom is -0.459 e. The average Bonchev–Trinajstić information content (AvgIpc) is 2.81. The third-order valence-electron chi connectivity index (χ3n) is 2.22. The molecule has 0 atom stereocenters. The van der Waals surface area contributed by atoms with Crippen molar-refractivity contribution in [3.63, 3.8) is 0 Å². The van der Waals surface area contributed by atoms with E-state index in [1.807, 2.05) is 24.3 Å². The van der Waals surface area contributed by atoms with Gasteiger partial charge >= 0.3 is 11.9 Å². The van der Waals surface area contributed by atoms with E-state index in [9.17, 15) is 4.79 Å². The van der Waals surface area contributed by atoms with Gasteiger partial charge in [-0.3, -0.25) is 0 Å². The fourth-order valence-corrected chi connectivity index (χ4v) is 1.84. The van der Waals surface area contributed by atoms with Gasteiger partial charge in [0.05, 0.1) is 6.61 Å². The zero-order chi connectivity index (χ0) is 13.0. The van der Waals surface area contributed by atoms with Crippen LogP contribution in [0.25, 0.3) is 0 Å². The van der Waals surface area contributed by atoms with Gasteiger partial charge in [-0.2, -0.15) is 4.98 Å². The Morgan fingerprint density at radius 3 is 2.94 bits per heavy atom. The second-order valence-corrected chi connectivity index (χ2v) is 4.36. The first kappa shape index (κ1) is 12.8. The summed E-state index contributed by atoms with van der Waals surface area (Å²) in [6.45, 7) is 2.00. The maximum absolute atomic E-state index is 11.3. The molecule has 0 fully saturated rings. The van der Waals surface area contributed by atoms with E-state index in [1.165, 1.54) is 0 Å². The van der Waals surface area contributed by atoms with Gasteiger partial charge in [0.2, 0.25) is 0 Å². The fraction of sp³-hybridized carbons (Fsp3) is 0.250. The summed E-state index contributed by atoms with van der Waals surface area (Å²) >= 11 is 3.44. The average molecular weight is 311 g/mol. The Morgan fingerprint density at radius 2 is 2.22 bits per heavy atom. The van der Waals surface area contributed by atoms with Crippen molar-refractivity contribution in [3.8, 4) is 0 Å². The zero-order valence-corrected chi connectivity index (χ0v) is 11.3. The molecule has 94 valence electrons. The van der Waals surface area contributed by atoms with Crippen LogP contribution in [0.1, 0.15) is 29.0 Å². The first-order valence-electron chi connectivity index (χ1n) is 5.43. The highest BCUT2D eigenvalue weighted by molar-refractivity contribution is 9.10. The number of nitrogens with zero attached hydrogens (tertiary/aromatic N) is 2. The molecular weight excluding hydrogens is 300 g/mol. The van der Waals surface area contributed by atoms with Crippen LogP contribution in [-0.4, -0.2) is 22.7 Å². The molecule has 0 N–H and O–H groups in total. The minimum atomic E-state index is -0.594. The Morgan fingerprint density at radius 1 is 1.44 bits per heavy atom. The van der Waals surface area contributed by atoms with Crippen LogP contribution in [0, 0.1) is 0 Å². The van der Waals surface area contributed by atoms with Crippen LogP contribution in [0.5, 0.6) is 0 Å². The lowest BCUT2D eigenvalue weighted by molar-refractivity contribution is 0.0470. The molecule has 2 rings (SSSR count). The number of hydrogen-bond donors (Lipinski definition) is 0. The van der Waals surface area contributed by atoms with Gasteiger partial charge < -0.3 is 9.26 Å². The van der Waals surface area contributed by atoms with Gasteiger partial charge in [0, 0.05) is 10.9 Å². The Bertz CT molecular complexity index is 554. The molecule has 2 aromatic rings. The van der Waals surface area contributed by atoms with Crippen LogP contribution < -0.4 is 0 Å². The molecular formula is C12H11BrN2O3. The lowest BCUT2D eigenvalue weighted by atomic mass is 10.1. The molecule has 0 unspecified atom stereocenters. The van der Waals surface area contributed by atoms with Crippen LogP contribution in [-0.2, 0) is 11.2 Å². The smallest absolute Gasteiger partial charge is 0.397 e. The number of carbonyl (C=O) groups is 1. The molecule has 1 heterocycles. The van der Waals surface area contributed by atoms with Crippen molar-refractivity contribution in [3.05, 3.63) is 46.0 Å². The van der Waals surface area contributed by atoms with E-state index in [0.717, 1.165) is 10.0 Å². The Hall–Kier alpha value is -1.69. The van der Waals surface area contributed by atoms with Gasteiger partial charge in [-0.15, -0.1) is 0 Å². The molecule has 0 aliphatic carbocycles. The third kappa shape index (κ3) is 2.95. The highest BCUT2D eigenvalue weighted by Crippen LogP contribution is 2.18. The first-order chi connectivity index (χ1) is 8.70. The molecule has 0 saturated heterocycles. The highest BCUT2D eigenvalue weighted by Gasteiger charge is 2.16. The summed E-state index contributed by atoms with van der Waals surface area (Å²) < 4.78 is 10.6. The fourth-order valence-electron chi connectivity index (χ4n) is 1.41. The maximum Gasteiger partial charge on any atom is 0.397 e. The summed E-state index contributed by atoms with van der Waals surface area (Å²) in [7, 11) is 0. The van der Waals surface area contributed by atoms with Crippen molar-refractivity contribution in [1.82, 2.24) is 10.1 Å². The summed E-state index contributed by atoms with van der Waals surface area (Å²) in [6, 6.07) is 7.73. The van der Waals surface area contributed by atoms with E-state index in [2.05, 4.69) is 26.1 Å². The standard InChI is InChI=1S/C12H11BrN2O3/c1-2-17-12(16)11-14-10(15-18-11)7-8-5-3-4-6-9(8)13/h3-6H,2,7H2,1H3. The Balaban J connectivity index is 2.12. The number of benzene rings is 1. The van der Waals surface area contributed by atoms with E-state index < -0.39 is 5.97 Å². The molecule has 18 heavy (non-hydrogen) atoms. The van der Waals surface area contributed by atoms with Gasteiger partial charge in [-0.25, -0.2) is 4.79 Å². The van der Waals surface area contributed by atoms with Gasteiger partial charge in [0.15, 0.2) is 5.82 Å². The topological polar surface area (TPSA) is 65.2 Å². The highest BCUT2D eigenvalue weighted by atomic mass is 79.9. The van der Waals surface area contributed by atoms with E-state index in [4.69, 9.17) is 9.26 Å². The van der Waals surface area contributed by atoms with Crippen LogP contribution in [0.15, 0.2) is 33.3 Å². The number of ether oxygens (including phenoxy) is 1. The second kappa shape index (κ2) is 5.77. The molecule has 0 saturated carbocycles. The maximum atomic E-state index is 11.3. The Kier molecular flexibility index (Phi) is 4.09. The molecule has 1 aromatic carbocycles. The van der Waals surface area contributed by atoms with Crippen LogP contribution >= 0.6 is 15.9 Å². The molecule has 1 aromatic heterocycles. The van der Waals surface area contributed by atoms with Crippen LogP contribution in [0.4, 0.5) is 0 Å². The summed E-state index contributed by atoms with van der Waals surface area (Å²) in [5, 5.41) is 3.75. The molecule has 5 nitrogen and oxygen atoms in total. The largest absolute Gasteiger partial charge is 0.459 e. The number of halogens is 1. The number of carbonyl (C=O) groups excluding carboxylic acids is 1. The number of aromatic nitrogens is 2. The molecule has 0 bridgehead atoms. The van der Waals surface area contributed by atoms with Crippen LogP contribution in [0.3, 0.4) is 0 Å². The molecule has 0 radical (unpaired) electrons. The molecule has 0 amide bonds.